The summed E-state index contributed by atoms with van der Waals surface area (Å²) in [5.74, 6) is -4.51. The molecule has 1 aliphatic rings. The highest BCUT2D eigenvalue weighted by Gasteiger charge is 2.38. The third-order valence-corrected chi connectivity index (χ3v) is 5.89. The molecule has 0 bridgehead atoms. The average Bonchev–Trinajstić information content (AvgIpc) is 2.95. The molecule has 0 radical (unpaired) electrons. The first-order valence-corrected chi connectivity index (χ1v) is 12.4. The molecule has 0 aromatic heterocycles. The van der Waals surface area contributed by atoms with E-state index in [1.165, 1.54) is 28.9 Å². The number of carboxylic acid groups (broad SMARTS) is 2. The zero-order valence-corrected chi connectivity index (χ0v) is 21.9. The number of aliphatic carboxylic acids is 2. The van der Waals surface area contributed by atoms with Gasteiger partial charge < -0.3 is 21.7 Å². The Morgan fingerprint density at radius 1 is 0.805 bits per heavy atom. The largest absolute Gasteiger partial charge is 0.490 e. The number of primary amides is 1. The van der Waals surface area contributed by atoms with Crippen LogP contribution in [0.25, 0.3) is 0 Å². The van der Waals surface area contributed by atoms with Gasteiger partial charge in [-0.1, -0.05) is 36.4 Å². The van der Waals surface area contributed by atoms with Crippen molar-refractivity contribution in [3.05, 3.63) is 101 Å². The number of benzene rings is 3. The number of rotatable bonds is 6. The number of halogens is 3. The first kappa shape index (κ1) is 32.5. The lowest BCUT2D eigenvalue weighted by molar-refractivity contribution is -0.192. The Hall–Kier alpha value is -4.71. The number of hydrogen-bond acceptors (Lipinski definition) is 5. The van der Waals surface area contributed by atoms with Gasteiger partial charge in [-0.05, 0) is 78.8 Å². The smallest absolute Gasteiger partial charge is 0.480 e. The van der Waals surface area contributed by atoms with Crippen LogP contribution in [0.5, 0.6) is 0 Å². The molecular formula is C29H30F3N3O6. The summed E-state index contributed by atoms with van der Waals surface area (Å²) in [6, 6.07) is 21.4. The number of nitrogens with zero attached hydrogens (tertiary/aromatic N) is 1. The van der Waals surface area contributed by atoms with Crippen LogP contribution in [-0.4, -0.2) is 46.7 Å². The second kappa shape index (κ2) is 15.2. The van der Waals surface area contributed by atoms with Crippen LogP contribution < -0.4 is 16.4 Å². The van der Waals surface area contributed by atoms with E-state index in [-0.39, 0.29) is 11.8 Å². The van der Waals surface area contributed by atoms with Gasteiger partial charge in [0, 0.05) is 23.4 Å². The predicted octanol–water partition coefficient (Wildman–Crippen LogP) is 4.17. The highest BCUT2D eigenvalue weighted by atomic mass is 19.4. The molecule has 4 rings (SSSR count). The summed E-state index contributed by atoms with van der Waals surface area (Å²) in [4.78, 5) is 44.6. The Labute approximate surface area is 234 Å². The molecule has 0 atom stereocenters. The fourth-order valence-corrected chi connectivity index (χ4v) is 3.90. The minimum Gasteiger partial charge on any atom is -0.480 e. The van der Waals surface area contributed by atoms with E-state index >= 15 is 0 Å². The highest BCUT2D eigenvalue weighted by molar-refractivity contribution is 6.08. The van der Waals surface area contributed by atoms with Crippen LogP contribution in [0.15, 0.2) is 72.8 Å². The quantitative estimate of drug-likeness (QED) is 0.344. The first-order chi connectivity index (χ1) is 19.3. The normalized spacial score (nSPS) is 11.9. The van der Waals surface area contributed by atoms with E-state index in [9.17, 15) is 27.6 Å². The molecule has 0 spiro atoms. The minimum absolute atomic E-state index is 0.325. The van der Waals surface area contributed by atoms with Gasteiger partial charge in [-0.25, -0.2) is 4.79 Å². The van der Waals surface area contributed by atoms with Crippen molar-refractivity contribution in [2.24, 2.45) is 11.5 Å². The third kappa shape index (κ3) is 10.4. The number of anilines is 1. The molecule has 41 heavy (non-hydrogen) atoms. The van der Waals surface area contributed by atoms with E-state index in [2.05, 4.69) is 0 Å². The summed E-state index contributed by atoms with van der Waals surface area (Å²) in [7, 11) is 0. The van der Waals surface area contributed by atoms with Gasteiger partial charge >= 0.3 is 18.1 Å². The number of para-hydroxylation sites is 1. The van der Waals surface area contributed by atoms with Crippen molar-refractivity contribution < 1.29 is 42.6 Å². The SMILES string of the molecule is NC(=O)c1ccc2c(c1)CCCC2.NCc1cccc(C(=O)N(CC(=O)O)c2ccccc2)c1.O=C(O)C(F)(F)F. The summed E-state index contributed by atoms with van der Waals surface area (Å²) in [6.45, 7) is -0.0684. The standard InChI is InChI=1S/C16H16N2O3.C11H13NO.C2HF3O2/c17-10-12-5-4-6-13(9-12)16(21)18(11-15(19)20)14-7-2-1-3-8-14;12-11(13)10-6-5-8-3-1-2-4-9(8)7-10;3-2(4,5)1(6)7/h1-9H,10-11,17H2,(H,19,20);5-7H,1-4H2,(H2,12,13);(H,6,7). The topological polar surface area (TPSA) is 164 Å². The van der Waals surface area contributed by atoms with Crippen molar-refractivity contribution in [3.8, 4) is 0 Å². The molecule has 0 saturated heterocycles. The molecule has 9 nitrogen and oxygen atoms in total. The van der Waals surface area contributed by atoms with Crippen LogP contribution >= 0.6 is 0 Å². The molecule has 0 unspecified atom stereocenters. The summed E-state index contributed by atoms with van der Waals surface area (Å²) in [5, 5.41) is 16.2. The Kier molecular flexibility index (Phi) is 12.0. The second-order valence-corrected chi connectivity index (χ2v) is 8.88. The lowest BCUT2D eigenvalue weighted by atomic mass is 9.90. The van der Waals surface area contributed by atoms with Gasteiger partial charge in [0.1, 0.15) is 6.54 Å². The Morgan fingerprint density at radius 3 is 1.95 bits per heavy atom. The van der Waals surface area contributed by atoms with Crippen molar-refractivity contribution in [2.75, 3.05) is 11.4 Å². The van der Waals surface area contributed by atoms with Crippen molar-refractivity contribution >= 4 is 29.4 Å². The maximum atomic E-state index is 12.6. The number of carbonyl (C=O) groups excluding carboxylic acids is 2. The van der Waals surface area contributed by atoms with E-state index in [0.717, 1.165) is 18.4 Å². The van der Waals surface area contributed by atoms with Crippen LogP contribution in [0.2, 0.25) is 0 Å². The average molecular weight is 574 g/mol. The number of carboxylic acids is 2. The number of amides is 2. The van der Waals surface area contributed by atoms with Crippen molar-refractivity contribution in [3.63, 3.8) is 0 Å². The lowest BCUT2D eigenvalue weighted by Gasteiger charge is -2.21. The molecular weight excluding hydrogens is 543 g/mol. The monoisotopic (exact) mass is 573 g/mol. The number of fused-ring (bicyclic) bond motifs is 1. The van der Waals surface area contributed by atoms with Gasteiger partial charge in [0.2, 0.25) is 5.91 Å². The summed E-state index contributed by atoms with van der Waals surface area (Å²) in [6.07, 6.45) is -0.344. The van der Waals surface area contributed by atoms with Gasteiger partial charge in [0.15, 0.2) is 0 Å². The molecule has 0 saturated carbocycles. The predicted molar refractivity (Wildman–Crippen MR) is 145 cm³/mol. The van der Waals surface area contributed by atoms with Gasteiger partial charge in [0.25, 0.3) is 5.91 Å². The van der Waals surface area contributed by atoms with Gasteiger partial charge in [-0.3, -0.25) is 19.3 Å². The van der Waals surface area contributed by atoms with Crippen molar-refractivity contribution in [1.29, 1.82) is 0 Å². The summed E-state index contributed by atoms with van der Waals surface area (Å²) < 4.78 is 31.7. The van der Waals surface area contributed by atoms with Crippen molar-refractivity contribution in [1.82, 2.24) is 0 Å². The van der Waals surface area contributed by atoms with E-state index < -0.39 is 24.7 Å². The number of nitrogens with two attached hydrogens (primary N) is 2. The lowest BCUT2D eigenvalue weighted by Crippen LogP contribution is -2.35. The number of alkyl halides is 3. The molecule has 218 valence electrons. The van der Waals surface area contributed by atoms with Crippen LogP contribution in [0.1, 0.15) is 50.2 Å². The maximum absolute atomic E-state index is 12.6. The van der Waals surface area contributed by atoms with Gasteiger partial charge in [-0.2, -0.15) is 13.2 Å². The fraction of sp³-hybridized carbons (Fsp3) is 0.241. The Morgan fingerprint density at radius 2 is 1.41 bits per heavy atom. The molecule has 2 amide bonds. The zero-order valence-electron chi connectivity index (χ0n) is 21.9. The number of aryl methyl sites for hydroxylation is 2. The van der Waals surface area contributed by atoms with E-state index in [4.69, 9.17) is 26.5 Å². The Balaban J connectivity index is 0.000000249. The Bertz CT molecular complexity index is 1360. The van der Waals surface area contributed by atoms with Crippen molar-refractivity contribution in [2.45, 2.75) is 38.4 Å². The first-order valence-electron chi connectivity index (χ1n) is 12.4. The maximum Gasteiger partial charge on any atom is 0.490 e. The number of hydrogen-bond donors (Lipinski definition) is 4. The molecule has 0 aliphatic heterocycles. The van der Waals surface area contributed by atoms with Crippen LogP contribution in [-0.2, 0) is 29.0 Å². The summed E-state index contributed by atoms with van der Waals surface area (Å²) in [5.41, 5.74) is 15.9. The molecule has 12 heteroatoms. The highest BCUT2D eigenvalue weighted by Crippen LogP contribution is 2.22. The molecule has 0 heterocycles. The summed E-state index contributed by atoms with van der Waals surface area (Å²) >= 11 is 0. The van der Waals surface area contributed by atoms with Gasteiger partial charge in [-0.15, -0.1) is 0 Å². The molecule has 3 aromatic rings. The third-order valence-electron chi connectivity index (χ3n) is 5.89. The molecule has 3 aromatic carbocycles. The van der Waals surface area contributed by atoms with Crippen LogP contribution in [0, 0.1) is 0 Å². The molecule has 6 N–H and O–H groups in total. The second-order valence-electron chi connectivity index (χ2n) is 8.88. The molecule has 0 fully saturated rings. The van der Waals surface area contributed by atoms with Crippen LogP contribution in [0.3, 0.4) is 0 Å². The number of carbonyl (C=O) groups is 4. The zero-order chi connectivity index (χ0) is 30.6. The van der Waals surface area contributed by atoms with E-state index in [0.29, 0.717) is 23.4 Å². The van der Waals surface area contributed by atoms with Crippen LogP contribution in [0.4, 0.5) is 18.9 Å². The molecule has 1 aliphatic carbocycles. The minimum atomic E-state index is -5.08. The fourth-order valence-electron chi connectivity index (χ4n) is 3.90. The van der Waals surface area contributed by atoms with E-state index in [1.54, 1.807) is 42.5 Å². The van der Waals surface area contributed by atoms with Gasteiger partial charge in [0.05, 0.1) is 0 Å². The van der Waals surface area contributed by atoms with E-state index in [1.807, 2.05) is 30.3 Å².